The van der Waals surface area contributed by atoms with E-state index in [-0.39, 0.29) is 12.0 Å². The predicted molar refractivity (Wildman–Crippen MR) is 75.6 cm³/mol. The van der Waals surface area contributed by atoms with E-state index in [2.05, 4.69) is 33.0 Å². The molecule has 3 N–H and O–H groups in total. The van der Waals surface area contributed by atoms with E-state index >= 15 is 0 Å². The standard InChI is InChI=1S/C15H31NO2/c1-5-14(4,12-17)10-16-11-15(18)8-6-13(2,3)7-9-15/h16-18H,5-12H2,1-4H3. The Bertz CT molecular complexity index is 249. The lowest BCUT2D eigenvalue weighted by Gasteiger charge is -2.41. The van der Waals surface area contributed by atoms with Crippen LogP contribution in [0.3, 0.4) is 0 Å². The van der Waals surface area contributed by atoms with Crippen molar-refractivity contribution in [2.24, 2.45) is 10.8 Å². The maximum atomic E-state index is 10.5. The van der Waals surface area contributed by atoms with E-state index in [0.29, 0.717) is 12.0 Å². The molecule has 1 atom stereocenters. The molecular weight excluding hydrogens is 226 g/mol. The van der Waals surface area contributed by atoms with Crippen molar-refractivity contribution in [3.05, 3.63) is 0 Å². The van der Waals surface area contributed by atoms with Gasteiger partial charge in [-0.05, 0) is 37.5 Å². The summed E-state index contributed by atoms with van der Waals surface area (Å²) < 4.78 is 0. The maximum Gasteiger partial charge on any atom is 0.0772 e. The third kappa shape index (κ3) is 4.52. The average Bonchev–Trinajstić information content (AvgIpc) is 2.33. The summed E-state index contributed by atoms with van der Waals surface area (Å²) in [4.78, 5) is 0. The van der Waals surface area contributed by atoms with E-state index < -0.39 is 5.60 Å². The zero-order valence-corrected chi connectivity index (χ0v) is 12.6. The molecule has 1 unspecified atom stereocenters. The average molecular weight is 257 g/mol. The zero-order valence-electron chi connectivity index (χ0n) is 12.6. The normalized spacial score (nSPS) is 25.7. The van der Waals surface area contributed by atoms with E-state index in [4.69, 9.17) is 0 Å². The monoisotopic (exact) mass is 257 g/mol. The topological polar surface area (TPSA) is 52.5 Å². The summed E-state index contributed by atoms with van der Waals surface area (Å²) in [6, 6.07) is 0. The minimum absolute atomic E-state index is 0.0652. The molecular formula is C15H31NO2. The molecule has 0 aromatic rings. The van der Waals surface area contributed by atoms with Gasteiger partial charge in [0.15, 0.2) is 0 Å². The minimum atomic E-state index is -0.542. The maximum absolute atomic E-state index is 10.5. The fraction of sp³-hybridized carbons (Fsp3) is 1.00. The molecule has 1 fully saturated rings. The van der Waals surface area contributed by atoms with E-state index in [1.807, 2.05) is 0 Å². The summed E-state index contributed by atoms with van der Waals surface area (Å²) in [6.07, 6.45) is 4.90. The van der Waals surface area contributed by atoms with E-state index in [9.17, 15) is 10.2 Å². The Hall–Kier alpha value is -0.120. The van der Waals surface area contributed by atoms with Gasteiger partial charge in [0.05, 0.1) is 5.60 Å². The van der Waals surface area contributed by atoms with E-state index in [0.717, 1.165) is 38.6 Å². The third-order valence-electron chi connectivity index (χ3n) is 4.78. The van der Waals surface area contributed by atoms with Crippen LogP contribution in [0.5, 0.6) is 0 Å². The van der Waals surface area contributed by atoms with Crippen LogP contribution in [0.4, 0.5) is 0 Å². The summed E-state index contributed by atoms with van der Waals surface area (Å²) >= 11 is 0. The number of hydrogen-bond acceptors (Lipinski definition) is 3. The Labute approximate surface area is 112 Å². The lowest BCUT2D eigenvalue weighted by Crippen LogP contribution is -2.47. The van der Waals surface area contributed by atoms with Crippen molar-refractivity contribution in [1.82, 2.24) is 5.32 Å². The number of hydrogen-bond donors (Lipinski definition) is 3. The number of aliphatic hydroxyl groups excluding tert-OH is 1. The SMILES string of the molecule is CCC(C)(CO)CNCC1(O)CCC(C)(C)CC1. The van der Waals surface area contributed by atoms with Gasteiger partial charge in [0.25, 0.3) is 0 Å². The first-order chi connectivity index (χ1) is 8.24. The van der Waals surface area contributed by atoms with Crippen LogP contribution in [0.1, 0.15) is 59.8 Å². The molecule has 1 saturated carbocycles. The van der Waals surface area contributed by atoms with Gasteiger partial charge in [-0.1, -0.05) is 27.7 Å². The highest BCUT2D eigenvalue weighted by Gasteiger charge is 2.36. The molecule has 0 aromatic carbocycles. The molecule has 1 rings (SSSR count). The molecule has 3 heteroatoms. The molecule has 0 heterocycles. The quantitative estimate of drug-likeness (QED) is 0.684. The largest absolute Gasteiger partial charge is 0.396 e. The van der Waals surface area contributed by atoms with Crippen LogP contribution >= 0.6 is 0 Å². The number of aliphatic hydroxyl groups is 2. The van der Waals surface area contributed by atoms with Crippen LogP contribution in [0, 0.1) is 10.8 Å². The molecule has 18 heavy (non-hydrogen) atoms. The van der Waals surface area contributed by atoms with Crippen molar-refractivity contribution < 1.29 is 10.2 Å². The highest BCUT2D eigenvalue weighted by atomic mass is 16.3. The van der Waals surface area contributed by atoms with Crippen molar-refractivity contribution in [1.29, 1.82) is 0 Å². The van der Waals surface area contributed by atoms with Gasteiger partial charge >= 0.3 is 0 Å². The van der Waals surface area contributed by atoms with Gasteiger partial charge in [0.2, 0.25) is 0 Å². The first-order valence-corrected chi connectivity index (χ1v) is 7.28. The fourth-order valence-corrected chi connectivity index (χ4v) is 2.46. The molecule has 0 aromatic heterocycles. The van der Waals surface area contributed by atoms with Crippen LogP contribution in [0.25, 0.3) is 0 Å². The zero-order chi connectivity index (χ0) is 13.9. The molecule has 0 spiro atoms. The van der Waals surface area contributed by atoms with Crippen molar-refractivity contribution in [2.75, 3.05) is 19.7 Å². The summed E-state index contributed by atoms with van der Waals surface area (Å²) in [5.41, 5.74) is -0.223. The number of rotatable bonds is 6. The first-order valence-electron chi connectivity index (χ1n) is 7.28. The second-order valence-electron chi connectivity index (χ2n) is 7.31. The van der Waals surface area contributed by atoms with Gasteiger partial charge in [-0.25, -0.2) is 0 Å². The van der Waals surface area contributed by atoms with Crippen LogP contribution in [-0.4, -0.2) is 35.5 Å². The van der Waals surface area contributed by atoms with E-state index in [1.54, 1.807) is 0 Å². The summed E-state index contributed by atoms with van der Waals surface area (Å²) in [7, 11) is 0. The molecule has 1 aliphatic rings. The third-order valence-corrected chi connectivity index (χ3v) is 4.78. The highest BCUT2D eigenvalue weighted by Crippen LogP contribution is 2.39. The lowest BCUT2D eigenvalue weighted by atomic mass is 9.71. The van der Waals surface area contributed by atoms with E-state index in [1.165, 1.54) is 0 Å². The summed E-state index contributed by atoms with van der Waals surface area (Å²) in [6.45, 7) is 10.3. The first kappa shape index (κ1) is 15.9. The van der Waals surface area contributed by atoms with Crippen LogP contribution in [0.2, 0.25) is 0 Å². The van der Waals surface area contributed by atoms with Gasteiger partial charge in [-0.3, -0.25) is 0 Å². The molecule has 1 aliphatic carbocycles. The van der Waals surface area contributed by atoms with Gasteiger partial charge in [0.1, 0.15) is 0 Å². The lowest BCUT2D eigenvalue weighted by molar-refractivity contribution is -0.0266. The molecule has 0 saturated heterocycles. The Balaban J connectivity index is 2.35. The molecule has 108 valence electrons. The number of nitrogens with one attached hydrogen (secondary N) is 1. The smallest absolute Gasteiger partial charge is 0.0772 e. The fourth-order valence-electron chi connectivity index (χ4n) is 2.46. The minimum Gasteiger partial charge on any atom is -0.396 e. The summed E-state index contributed by atoms with van der Waals surface area (Å²) in [5.74, 6) is 0. The molecule has 3 nitrogen and oxygen atoms in total. The van der Waals surface area contributed by atoms with Crippen LogP contribution < -0.4 is 5.32 Å². The molecule has 0 radical (unpaired) electrons. The Morgan fingerprint density at radius 1 is 1.17 bits per heavy atom. The Kier molecular flexibility index (Phi) is 5.22. The molecule has 0 amide bonds. The van der Waals surface area contributed by atoms with Crippen molar-refractivity contribution in [3.63, 3.8) is 0 Å². The van der Waals surface area contributed by atoms with Gasteiger partial charge < -0.3 is 15.5 Å². The van der Waals surface area contributed by atoms with Gasteiger partial charge in [-0.2, -0.15) is 0 Å². The Morgan fingerprint density at radius 2 is 1.72 bits per heavy atom. The second-order valence-corrected chi connectivity index (χ2v) is 7.31. The molecule has 0 bridgehead atoms. The van der Waals surface area contributed by atoms with Gasteiger partial charge in [0, 0.05) is 25.1 Å². The summed E-state index contributed by atoms with van der Waals surface area (Å²) in [5, 5.41) is 23.2. The molecule has 0 aliphatic heterocycles. The predicted octanol–water partition coefficient (Wildman–Crippen LogP) is 2.32. The van der Waals surface area contributed by atoms with Crippen molar-refractivity contribution >= 4 is 0 Å². The van der Waals surface area contributed by atoms with Crippen molar-refractivity contribution in [2.45, 2.75) is 65.4 Å². The van der Waals surface area contributed by atoms with Crippen molar-refractivity contribution in [3.8, 4) is 0 Å². The van der Waals surface area contributed by atoms with Crippen LogP contribution in [0.15, 0.2) is 0 Å². The van der Waals surface area contributed by atoms with Gasteiger partial charge in [-0.15, -0.1) is 0 Å². The highest BCUT2D eigenvalue weighted by molar-refractivity contribution is 4.91. The second kappa shape index (κ2) is 5.89. The Morgan fingerprint density at radius 3 is 2.17 bits per heavy atom. The van der Waals surface area contributed by atoms with Crippen LogP contribution in [-0.2, 0) is 0 Å².